The highest BCUT2D eigenvalue weighted by molar-refractivity contribution is 7.20. The summed E-state index contributed by atoms with van der Waals surface area (Å²) in [4.78, 5) is 30.8. The Balaban J connectivity index is 1.53. The van der Waals surface area contributed by atoms with E-state index in [-0.39, 0.29) is 24.7 Å². The number of anilines is 1. The first-order valence-electron chi connectivity index (χ1n) is 11.7. The van der Waals surface area contributed by atoms with Gasteiger partial charge in [-0.05, 0) is 64.0 Å². The molecule has 0 atom stereocenters. The number of oxime groups is 1. The molecule has 0 saturated carbocycles. The Morgan fingerprint density at radius 2 is 2.03 bits per heavy atom. The predicted molar refractivity (Wildman–Crippen MR) is 134 cm³/mol. The maximum absolute atomic E-state index is 12.7. The van der Waals surface area contributed by atoms with Crippen molar-refractivity contribution >= 4 is 39.1 Å². The number of thiophene rings is 1. The third-order valence-corrected chi connectivity index (χ3v) is 6.80. The van der Waals surface area contributed by atoms with Gasteiger partial charge in [-0.15, -0.1) is 11.3 Å². The summed E-state index contributed by atoms with van der Waals surface area (Å²) in [7, 11) is 0. The van der Waals surface area contributed by atoms with Crippen LogP contribution in [0.15, 0.2) is 29.4 Å². The van der Waals surface area contributed by atoms with E-state index in [9.17, 15) is 4.79 Å². The molecular formula is C24H28N6O4S. The summed E-state index contributed by atoms with van der Waals surface area (Å²) in [5, 5.41) is 8.09. The molecule has 0 radical (unpaired) electrons. The lowest BCUT2D eigenvalue weighted by molar-refractivity contribution is 0.0947. The van der Waals surface area contributed by atoms with Gasteiger partial charge >= 0.3 is 0 Å². The third kappa shape index (κ3) is 5.15. The molecule has 35 heavy (non-hydrogen) atoms. The molecule has 11 heteroatoms. The molecule has 3 N–H and O–H groups in total. The molecule has 1 saturated heterocycles. The minimum absolute atomic E-state index is 0.0121. The van der Waals surface area contributed by atoms with Crippen LogP contribution in [-0.4, -0.2) is 65.6 Å². The Labute approximate surface area is 207 Å². The summed E-state index contributed by atoms with van der Waals surface area (Å²) in [5.74, 6) is 1.21. The first-order valence-corrected chi connectivity index (χ1v) is 12.5. The molecule has 0 spiro atoms. The minimum Gasteiger partial charge on any atom is -0.454 e. The number of nitrogen functional groups attached to an aromatic ring is 1. The quantitative estimate of drug-likeness (QED) is 0.277. The first kappa shape index (κ1) is 23.3. The number of carbonyl (C=O) groups excluding carboxylic acids is 1. The second-order valence-electron chi connectivity index (χ2n) is 8.78. The van der Waals surface area contributed by atoms with Crippen molar-refractivity contribution < 1.29 is 19.1 Å². The van der Waals surface area contributed by atoms with Crippen LogP contribution in [0.1, 0.15) is 47.6 Å². The molecule has 2 aliphatic rings. The Morgan fingerprint density at radius 1 is 1.23 bits per heavy atom. The summed E-state index contributed by atoms with van der Waals surface area (Å²) in [6.45, 7) is 7.42. The number of nitrogens with zero attached hydrogens (tertiary/aromatic N) is 4. The SMILES string of the molecule is CC(C)NC(=O)c1cc2c(/C(=N/OCCN3CCCC3)c3ccc4c(c3)OCO4)nc(N)nc2s1. The van der Waals surface area contributed by atoms with E-state index >= 15 is 0 Å². The number of ether oxygens (including phenoxy) is 2. The Bertz CT molecular complexity index is 1270. The zero-order chi connectivity index (χ0) is 24.4. The Kier molecular flexibility index (Phi) is 6.69. The van der Waals surface area contributed by atoms with Crippen molar-refractivity contribution in [3.05, 3.63) is 40.4 Å². The molecule has 1 amide bonds. The molecule has 0 aliphatic carbocycles. The van der Waals surface area contributed by atoms with Crippen molar-refractivity contribution in [2.75, 3.05) is 38.8 Å². The zero-order valence-electron chi connectivity index (χ0n) is 19.7. The number of likely N-dealkylation sites (tertiary alicyclic amines) is 1. The van der Waals surface area contributed by atoms with Crippen LogP contribution in [0.2, 0.25) is 0 Å². The molecular weight excluding hydrogens is 468 g/mol. The fourth-order valence-electron chi connectivity index (χ4n) is 4.13. The highest BCUT2D eigenvalue weighted by Gasteiger charge is 2.23. The van der Waals surface area contributed by atoms with Crippen LogP contribution in [-0.2, 0) is 4.84 Å². The molecule has 5 rings (SSSR count). The lowest BCUT2D eigenvalue weighted by Crippen LogP contribution is -2.29. The molecule has 1 fully saturated rings. The number of rotatable bonds is 8. The number of carbonyl (C=O) groups is 1. The molecule has 0 bridgehead atoms. The van der Waals surface area contributed by atoms with Gasteiger partial charge in [-0.2, -0.15) is 0 Å². The molecule has 2 aliphatic heterocycles. The summed E-state index contributed by atoms with van der Waals surface area (Å²) < 4.78 is 11.0. The van der Waals surface area contributed by atoms with E-state index in [1.807, 2.05) is 32.0 Å². The predicted octanol–water partition coefficient (Wildman–Crippen LogP) is 3.01. The Hall–Kier alpha value is -3.44. The van der Waals surface area contributed by atoms with Crippen LogP contribution in [0.5, 0.6) is 11.5 Å². The van der Waals surface area contributed by atoms with Gasteiger partial charge in [0, 0.05) is 23.5 Å². The standard InChI is InChI=1S/C24H28N6O4S/c1-14(2)26-22(31)19-12-16-21(27-24(25)28-23(16)35-19)20(29-34-10-9-30-7-3-4-8-30)15-5-6-17-18(11-15)33-13-32-17/h5-6,11-12,14H,3-4,7-10,13H2,1-2H3,(H,26,31)(H2,25,27,28)/b29-20+. The van der Waals surface area contributed by atoms with Gasteiger partial charge in [0.25, 0.3) is 5.91 Å². The van der Waals surface area contributed by atoms with Crippen LogP contribution in [0, 0.1) is 0 Å². The van der Waals surface area contributed by atoms with Gasteiger partial charge in [-0.25, -0.2) is 9.97 Å². The zero-order valence-corrected chi connectivity index (χ0v) is 20.6. The van der Waals surface area contributed by atoms with E-state index in [1.54, 1.807) is 6.07 Å². The van der Waals surface area contributed by atoms with Crippen LogP contribution in [0.3, 0.4) is 0 Å². The van der Waals surface area contributed by atoms with E-state index in [0.29, 0.717) is 44.6 Å². The summed E-state index contributed by atoms with van der Waals surface area (Å²) >= 11 is 1.26. The van der Waals surface area contributed by atoms with Gasteiger partial charge in [-0.1, -0.05) is 5.16 Å². The lowest BCUT2D eigenvalue weighted by atomic mass is 10.0. The summed E-state index contributed by atoms with van der Waals surface area (Å²) in [6.07, 6.45) is 2.43. The smallest absolute Gasteiger partial charge is 0.261 e. The number of nitrogens with two attached hydrogens (primary N) is 1. The highest BCUT2D eigenvalue weighted by Crippen LogP contribution is 2.34. The molecule has 3 aromatic rings. The van der Waals surface area contributed by atoms with Gasteiger partial charge in [-0.3, -0.25) is 9.69 Å². The number of nitrogens with one attached hydrogen (secondary N) is 1. The second-order valence-corrected chi connectivity index (χ2v) is 9.81. The van der Waals surface area contributed by atoms with Gasteiger partial charge in [0.05, 0.1) is 4.88 Å². The number of hydrogen-bond donors (Lipinski definition) is 2. The van der Waals surface area contributed by atoms with Gasteiger partial charge in [0.2, 0.25) is 12.7 Å². The van der Waals surface area contributed by atoms with Crippen molar-refractivity contribution in [3.63, 3.8) is 0 Å². The van der Waals surface area contributed by atoms with E-state index < -0.39 is 0 Å². The van der Waals surface area contributed by atoms with Crippen molar-refractivity contribution in [1.82, 2.24) is 20.2 Å². The average Bonchev–Trinajstić information content (AvgIpc) is 3.58. The number of benzene rings is 1. The Morgan fingerprint density at radius 3 is 2.83 bits per heavy atom. The normalized spacial score (nSPS) is 15.8. The van der Waals surface area contributed by atoms with Crippen molar-refractivity contribution in [1.29, 1.82) is 0 Å². The van der Waals surface area contributed by atoms with Gasteiger partial charge in [0.1, 0.15) is 22.8 Å². The van der Waals surface area contributed by atoms with Crippen molar-refractivity contribution in [2.24, 2.45) is 5.16 Å². The molecule has 1 aromatic carbocycles. The fourth-order valence-corrected chi connectivity index (χ4v) is 5.07. The van der Waals surface area contributed by atoms with E-state index in [0.717, 1.165) is 25.2 Å². The molecule has 4 heterocycles. The lowest BCUT2D eigenvalue weighted by Gasteiger charge is -2.14. The third-order valence-electron chi connectivity index (χ3n) is 5.78. The van der Waals surface area contributed by atoms with E-state index in [4.69, 9.17) is 20.0 Å². The maximum atomic E-state index is 12.7. The first-order chi connectivity index (χ1) is 17.0. The topological polar surface area (TPSA) is 124 Å². The van der Waals surface area contributed by atoms with Gasteiger partial charge < -0.3 is 25.4 Å². The monoisotopic (exact) mass is 496 g/mol. The van der Waals surface area contributed by atoms with Crippen molar-refractivity contribution in [3.8, 4) is 11.5 Å². The van der Waals surface area contributed by atoms with E-state index in [1.165, 1.54) is 24.2 Å². The van der Waals surface area contributed by atoms with E-state index in [2.05, 4.69) is 25.3 Å². The fraction of sp³-hybridized carbons (Fsp3) is 0.417. The summed E-state index contributed by atoms with van der Waals surface area (Å²) in [5.41, 5.74) is 7.78. The molecule has 2 aromatic heterocycles. The van der Waals surface area contributed by atoms with Crippen molar-refractivity contribution in [2.45, 2.75) is 32.7 Å². The van der Waals surface area contributed by atoms with Crippen LogP contribution < -0.4 is 20.5 Å². The molecule has 10 nitrogen and oxygen atoms in total. The van der Waals surface area contributed by atoms with Crippen LogP contribution in [0.25, 0.3) is 10.2 Å². The average molecular weight is 497 g/mol. The molecule has 0 unspecified atom stereocenters. The largest absolute Gasteiger partial charge is 0.454 e. The summed E-state index contributed by atoms with van der Waals surface area (Å²) in [6, 6.07) is 7.33. The number of hydrogen-bond acceptors (Lipinski definition) is 10. The highest BCUT2D eigenvalue weighted by atomic mass is 32.1. The number of amides is 1. The van der Waals surface area contributed by atoms with Crippen LogP contribution >= 0.6 is 11.3 Å². The van der Waals surface area contributed by atoms with Crippen LogP contribution in [0.4, 0.5) is 5.95 Å². The molecule has 184 valence electrons. The maximum Gasteiger partial charge on any atom is 0.261 e. The number of fused-ring (bicyclic) bond motifs is 2. The van der Waals surface area contributed by atoms with Gasteiger partial charge in [0.15, 0.2) is 11.5 Å². The minimum atomic E-state index is -0.170. The second kappa shape index (κ2) is 10.0. The number of aromatic nitrogens is 2.